The second-order valence-corrected chi connectivity index (χ2v) is 9.55. The van der Waals surface area contributed by atoms with E-state index in [1.165, 1.54) is 7.11 Å². The molecule has 6 nitrogen and oxygen atoms in total. The minimum atomic E-state index is -0.297. The second kappa shape index (κ2) is 12.4. The van der Waals surface area contributed by atoms with Crippen LogP contribution in [0.2, 0.25) is 0 Å². The van der Waals surface area contributed by atoms with Crippen LogP contribution in [0.1, 0.15) is 47.9 Å². The summed E-state index contributed by atoms with van der Waals surface area (Å²) < 4.78 is 16.3. The monoisotopic (exact) mass is 501 g/mol. The standard InChI is InChI=1S/C31H35NO5/c1-22-13-15-27(28-18-24(19-30(33)36-3)14-16-29(28)35-2)25(17-22)20-32(26-11-7-8-12-26)31(34)37-21-23-9-5-4-6-10-23/h4-6,9-10,13-18,26H,7-8,11-12,19-21H2,1-3H3. The molecule has 0 radical (unpaired) electrons. The number of hydrogen-bond donors (Lipinski definition) is 0. The van der Waals surface area contributed by atoms with E-state index in [2.05, 4.69) is 18.2 Å². The molecule has 0 aromatic heterocycles. The molecule has 1 fully saturated rings. The lowest BCUT2D eigenvalue weighted by atomic mass is 9.94. The fourth-order valence-corrected chi connectivity index (χ4v) is 4.97. The van der Waals surface area contributed by atoms with Crippen molar-refractivity contribution in [2.45, 2.75) is 58.2 Å². The maximum absolute atomic E-state index is 13.4. The van der Waals surface area contributed by atoms with Crippen LogP contribution >= 0.6 is 0 Å². The molecular formula is C31H35NO5. The Kier molecular flexibility index (Phi) is 8.83. The maximum Gasteiger partial charge on any atom is 0.410 e. The minimum Gasteiger partial charge on any atom is -0.496 e. The van der Waals surface area contributed by atoms with E-state index < -0.39 is 0 Å². The van der Waals surface area contributed by atoms with Crippen LogP contribution < -0.4 is 4.74 Å². The number of amides is 1. The van der Waals surface area contributed by atoms with E-state index in [0.29, 0.717) is 12.3 Å². The first kappa shape index (κ1) is 26.3. The van der Waals surface area contributed by atoms with Crippen LogP contribution in [0.4, 0.5) is 4.79 Å². The van der Waals surface area contributed by atoms with E-state index in [0.717, 1.165) is 59.1 Å². The first-order chi connectivity index (χ1) is 18.0. The number of aryl methyl sites for hydroxylation is 1. The molecule has 3 aromatic rings. The Balaban J connectivity index is 1.66. The molecule has 4 rings (SSSR count). The van der Waals surface area contributed by atoms with Gasteiger partial charge < -0.3 is 19.1 Å². The second-order valence-electron chi connectivity index (χ2n) is 9.55. The zero-order valence-corrected chi connectivity index (χ0v) is 21.9. The van der Waals surface area contributed by atoms with Gasteiger partial charge >= 0.3 is 12.1 Å². The Labute approximate surface area is 219 Å². The molecule has 0 spiro atoms. The van der Waals surface area contributed by atoms with E-state index in [-0.39, 0.29) is 31.1 Å². The fourth-order valence-electron chi connectivity index (χ4n) is 4.97. The fraction of sp³-hybridized carbons (Fsp3) is 0.355. The summed E-state index contributed by atoms with van der Waals surface area (Å²) in [6, 6.07) is 21.8. The third-order valence-corrected chi connectivity index (χ3v) is 6.94. The zero-order valence-electron chi connectivity index (χ0n) is 21.9. The largest absolute Gasteiger partial charge is 0.496 e. The molecule has 0 atom stereocenters. The van der Waals surface area contributed by atoms with Crippen molar-refractivity contribution in [3.63, 3.8) is 0 Å². The molecule has 0 N–H and O–H groups in total. The van der Waals surface area contributed by atoms with Gasteiger partial charge in [-0.05, 0) is 54.2 Å². The number of nitrogens with zero attached hydrogens (tertiary/aromatic N) is 1. The number of methoxy groups -OCH3 is 2. The van der Waals surface area contributed by atoms with Crippen LogP contribution in [0.3, 0.4) is 0 Å². The summed E-state index contributed by atoms with van der Waals surface area (Å²) in [5.74, 6) is 0.409. The molecule has 0 unspecified atom stereocenters. The van der Waals surface area contributed by atoms with Gasteiger partial charge in [0.15, 0.2) is 0 Å². The molecule has 37 heavy (non-hydrogen) atoms. The molecule has 0 aliphatic heterocycles. The van der Waals surface area contributed by atoms with Crippen molar-refractivity contribution in [2.24, 2.45) is 0 Å². The van der Waals surface area contributed by atoms with Gasteiger partial charge in [0.05, 0.1) is 20.6 Å². The Morgan fingerprint density at radius 3 is 2.35 bits per heavy atom. The van der Waals surface area contributed by atoms with Gasteiger partial charge in [0, 0.05) is 18.2 Å². The highest BCUT2D eigenvalue weighted by molar-refractivity contribution is 5.78. The predicted molar refractivity (Wildman–Crippen MR) is 143 cm³/mol. The molecule has 0 saturated heterocycles. The average Bonchev–Trinajstić information content (AvgIpc) is 3.45. The molecule has 1 amide bonds. The van der Waals surface area contributed by atoms with Crippen LogP contribution in [-0.2, 0) is 33.8 Å². The van der Waals surface area contributed by atoms with Crippen molar-refractivity contribution in [1.29, 1.82) is 0 Å². The van der Waals surface area contributed by atoms with Crippen molar-refractivity contribution < 1.29 is 23.8 Å². The lowest BCUT2D eigenvalue weighted by Crippen LogP contribution is -2.38. The first-order valence-electron chi connectivity index (χ1n) is 12.8. The highest BCUT2D eigenvalue weighted by Gasteiger charge is 2.29. The summed E-state index contributed by atoms with van der Waals surface area (Å²) in [4.78, 5) is 27.2. The minimum absolute atomic E-state index is 0.143. The average molecular weight is 502 g/mol. The van der Waals surface area contributed by atoms with Gasteiger partial charge in [-0.2, -0.15) is 0 Å². The van der Waals surface area contributed by atoms with Gasteiger partial charge in [0.2, 0.25) is 0 Å². The number of benzene rings is 3. The zero-order chi connectivity index (χ0) is 26.2. The van der Waals surface area contributed by atoms with Crippen molar-refractivity contribution in [1.82, 2.24) is 4.90 Å². The number of hydrogen-bond acceptors (Lipinski definition) is 5. The summed E-state index contributed by atoms with van der Waals surface area (Å²) in [6.07, 6.45) is 4.04. The van der Waals surface area contributed by atoms with Gasteiger partial charge in [-0.25, -0.2) is 4.79 Å². The molecular weight excluding hydrogens is 466 g/mol. The van der Waals surface area contributed by atoms with Crippen LogP contribution in [0.5, 0.6) is 5.75 Å². The van der Waals surface area contributed by atoms with Crippen molar-refractivity contribution >= 4 is 12.1 Å². The van der Waals surface area contributed by atoms with Gasteiger partial charge in [-0.1, -0.05) is 73.0 Å². The summed E-state index contributed by atoms with van der Waals surface area (Å²) >= 11 is 0. The van der Waals surface area contributed by atoms with Crippen LogP contribution in [0.15, 0.2) is 66.7 Å². The van der Waals surface area contributed by atoms with Crippen molar-refractivity contribution in [2.75, 3.05) is 14.2 Å². The van der Waals surface area contributed by atoms with E-state index >= 15 is 0 Å². The van der Waals surface area contributed by atoms with Gasteiger partial charge in [0.1, 0.15) is 12.4 Å². The number of carbonyl (C=O) groups is 2. The van der Waals surface area contributed by atoms with E-state index in [4.69, 9.17) is 14.2 Å². The highest BCUT2D eigenvalue weighted by atomic mass is 16.6. The number of rotatable bonds is 9. The highest BCUT2D eigenvalue weighted by Crippen LogP contribution is 2.36. The van der Waals surface area contributed by atoms with Gasteiger partial charge in [-0.15, -0.1) is 0 Å². The normalized spacial score (nSPS) is 13.3. The third kappa shape index (κ3) is 6.70. The van der Waals surface area contributed by atoms with Crippen molar-refractivity contribution in [3.8, 4) is 16.9 Å². The molecule has 194 valence electrons. The molecule has 1 aliphatic rings. The molecule has 0 heterocycles. The lowest BCUT2D eigenvalue weighted by Gasteiger charge is -2.29. The number of esters is 1. The molecule has 1 aliphatic carbocycles. The third-order valence-electron chi connectivity index (χ3n) is 6.94. The summed E-state index contributed by atoms with van der Waals surface area (Å²) in [7, 11) is 3.03. The SMILES string of the molecule is COC(=O)Cc1ccc(OC)c(-c2ccc(C)cc2CN(C(=O)OCc2ccccc2)C2CCCC2)c1. The molecule has 1 saturated carbocycles. The quantitative estimate of drug-likeness (QED) is 0.315. The van der Waals surface area contributed by atoms with Crippen LogP contribution in [0.25, 0.3) is 11.1 Å². The Bertz CT molecular complexity index is 1220. The van der Waals surface area contributed by atoms with Crippen LogP contribution in [-0.4, -0.2) is 37.2 Å². The molecule has 0 bridgehead atoms. The molecule has 3 aromatic carbocycles. The predicted octanol–water partition coefficient (Wildman–Crippen LogP) is 6.47. The number of carbonyl (C=O) groups excluding carboxylic acids is 2. The van der Waals surface area contributed by atoms with E-state index in [9.17, 15) is 9.59 Å². The molecule has 6 heteroatoms. The lowest BCUT2D eigenvalue weighted by molar-refractivity contribution is -0.139. The summed E-state index contributed by atoms with van der Waals surface area (Å²) in [6.45, 7) is 2.72. The smallest absolute Gasteiger partial charge is 0.410 e. The summed E-state index contributed by atoms with van der Waals surface area (Å²) in [5.41, 5.74) is 5.76. The topological polar surface area (TPSA) is 65.1 Å². The van der Waals surface area contributed by atoms with Crippen LogP contribution in [0, 0.1) is 6.92 Å². The maximum atomic E-state index is 13.4. The Morgan fingerprint density at radius 2 is 1.65 bits per heavy atom. The van der Waals surface area contributed by atoms with Crippen molar-refractivity contribution in [3.05, 3.63) is 89.0 Å². The van der Waals surface area contributed by atoms with E-state index in [1.54, 1.807) is 7.11 Å². The van der Waals surface area contributed by atoms with E-state index in [1.807, 2.05) is 60.4 Å². The van der Waals surface area contributed by atoms with Gasteiger partial charge in [0.25, 0.3) is 0 Å². The van der Waals surface area contributed by atoms with Gasteiger partial charge in [-0.3, -0.25) is 4.79 Å². The Hall–Kier alpha value is -3.80. The first-order valence-corrected chi connectivity index (χ1v) is 12.8. The summed E-state index contributed by atoms with van der Waals surface area (Å²) in [5, 5.41) is 0. The Morgan fingerprint density at radius 1 is 0.892 bits per heavy atom. The number of ether oxygens (including phenoxy) is 3.